The summed E-state index contributed by atoms with van der Waals surface area (Å²) in [6.07, 6.45) is 8.87. The first-order valence-electron chi connectivity index (χ1n) is 10.6. The zero-order valence-electron chi connectivity index (χ0n) is 15.8. The van der Waals surface area contributed by atoms with E-state index in [4.69, 9.17) is 0 Å². The average molecular weight is 354 g/mol. The highest BCUT2D eigenvalue weighted by molar-refractivity contribution is 5.87. The van der Waals surface area contributed by atoms with Crippen LogP contribution in [-0.4, -0.2) is 0 Å². The predicted octanol–water partition coefficient (Wildman–Crippen LogP) is 7.05. The van der Waals surface area contributed by atoms with Crippen molar-refractivity contribution in [1.82, 2.24) is 0 Å². The molecule has 4 bridgehead atoms. The number of para-hydroxylation sites is 1. The highest BCUT2D eigenvalue weighted by atomic mass is 14.9. The lowest BCUT2D eigenvalue weighted by Crippen LogP contribution is -2.48. The van der Waals surface area contributed by atoms with E-state index in [0.29, 0.717) is 5.41 Å². The molecule has 136 valence electrons. The lowest BCUT2D eigenvalue weighted by Gasteiger charge is -2.57. The summed E-state index contributed by atoms with van der Waals surface area (Å²) >= 11 is 0. The Bertz CT molecular complexity index is 952. The molecule has 3 aromatic carbocycles. The zero-order valence-corrected chi connectivity index (χ0v) is 15.8. The molecule has 1 nitrogen and oxygen atoms in total. The molecule has 0 unspecified atom stereocenters. The topological polar surface area (TPSA) is 12.0 Å². The minimum atomic E-state index is 0.490. The average Bonchev–Trinajstić information content (AvgIpc) is 2.67. The largest absolute Gasteiger partial charge is 0.356 e. The molecule has 4 aliphatic carbocycles. The van der Waals surface area contributed by atoms with E-state index in [0.717, 1.165) is 29.1 Å². The first-order chi connectivity index (χ1) is 13.3. The number of hydrogen-bond acceptors (Lipinski definition) is 1. The summed E-state index contributed by atoms with van der Waals surface area (Å²) in [5.74, 6) is 3.01. The van der Waals surface area contributed by atoms with Crippen LogP contribution in [0.15, 0.2) is 66.7 Å². The highest BCUT2D eigenvalue weighted by Crippen LogP contribution is 2.60. The standard InChI is InChI=1S/C26H27N/c1-2-4-24(5-3-1)27-25-9-7-21-13-23(8-6-22(21)14-25)26-15-18-10-19(16-26)12-20(11-18)17-26/h1-9,13-14,18-20,27H,10-12,15-17H2. The number of nitrogens with one attached hydrogen (secondary N) is 1. The van der Waals surface area contributed by atoms with Crippen LogP contribution < -0.4 is 5.32 Å². The normalized spacial score (nSPS) is 31.3. The minimum absolute atomic E-state index is 0.490. The van der Waals surface area contributed by atoms with Crippen molar-refractivity contribution in [3.8, 4) is 0 Å². The second-order valence-electron chi connectivity index (χ2n) is 9.47. The molecule has 0 atom stereocenters. The summed E-state index contributed by atoms with van der Waals surface area (Å²) in [7, 11) is 0. The lowest BCUT2D eigenvalue weighted by atomic mass is 9.48. The van der Waals surface area contributed by atoms with Crippen molar-refractivity contribution in [1.29, 1.82) is 0 Å². The number of anilines is 2. The van der Waals surface area contributed by atoms with Gasteiger partial charge in [0.1, 0.15) is 0 Å². The summed E-state index contributed by atoms with van der Waals surface area (Å²) in [6, 6.07) is 24.5. The lowest BCUT2D eigenvalue weighted by molar-refractivity contribution is -0.00512. The van der Waals surface area contributed by atoms with Gasteiger partial charge in [0.2, 0.25) is 0 Å². The second kappa shape index (κ2) is 5.86. The molecule has 0 amide bonds. The van der Waals surface area contributed by atoms with Crippen LogP contribution in [0.2, 0.25) is 0 Å². The van der Waals surface area contributed by atoms with Crippen molar-refractivity contribution in [3.05, 3.63) is 72.3 Å². The van der Waals surface area contributed by atoms with Crippen LogP contribution in [0.5, 0.6) is 0 Å². The van der Waals surface area contributed by atoms with Gasteiger partial charge in [-0.25, -0.2) is 0 Å². The van der Waals surface area contributed by atoms with Crippen molar-refractivity contribution >= 4 is 22.1 Å². The molecule has 0 aliphatic heterocycles. The molecule has 4 aliphatic rings. The molecule has 27 heavy (non-hydrogen) atoms. The van der Waals surface area contributed by atoms with Gasteiger partial charge in [-0.05, 0) is 102 Å². The SMILES string of the molecule is c1ccc(Nc2ccc3cc(C45CC6CC(CC(C6)C4)C5)ccc3c2)cc1. The van der Waals surface area contributed by atoms with Crippen LogP contribution in [-0.2, 0) is 5.41 Å². The van der Waals surface area contributed by atoms with Gasteiger partial charge in [0.15, 0.2) is 0 Å². The fourth-order valence-electron chi connectivity index (χ4n) is 6.81. The zero-order chi connectivity index (χ0) is 17.8. The molecule has 3 aromatic rings. The highest BCUT2D eigenvalue weighted by Gasteiger charge is 2.51. The van der Waals surface area contributed by atoms with Crippen LogP contribution in [0.3, 0.4) is 0 Å². The Morgan fingerprint density at radius 1 is 0.630 bits per heavy atom. The molecule has 0 aromatic heterocycles. The van der Waals surface area contributed by atoms with E-state index in [1.165, 1.54) is 49.3 Å². The molecule has 1 N–H and O–H groups in total. The summed E-state index contributed by atoms with van der Waals surface area (Å²) in [4.78, 5) is 0. The smallest absolute Gasteiger partial charge is 0.0390 e. The summed E-state index contributed by atoms with van der Waals surface area (Å²) < 4.78 is 0. The first-order valence-corrected chi connectivity index (χ1v) is 10.6. The second-order valence-corrected chi connectivity index (χ2v) is 9.47. The Kier molecular flexibility index (Phi) is 3.42. The maximum atomic E-state index is 3.52. The van der Waals surface area contributed by atoms with Crippen molar-refractivity contribution in [3.63, 3.8) is 0 Å². The van der Waals surface area contributed by atoms with Gasteiger partial charge >= 0.3 is 0 Å². The van der Waals surface area contributed by atoms with Gasteiger partial charge in [0.25, 0.3) is 0 Å². The van der Waals surface area contributed by atoms with Crippen molar-refractivity contribution in [2.24, 2.45) is 17.8 Å². The molecular formula is C26H27N. The first kappa shape index (κ1) is 15.7. The Balaban J connectivity index is 1.33. The molecule has 0 spiro atoms. The van der Waals surface area contributed by atoms with Crippen molar-refractivity contribution in [2.45, 2.75) is 43.9 Å². The van der Waals surface area contributed by atoms with Gasteiger partial charge in [0, 0.05) is 11.4 Å². The molecule has 0 radical (unpaired) electrons. The summed E-state index contributed by atoms with van der Waals surface area (Å²) in [5.41, 5.74) is 4.42. The third-order valence-electron chi connectivity index (χ3n) is 7.55. The van der Waals surface area contributed by atoms with E-state index in [9.17, 15) is 0 Å². The van der Waals surface area contributed by atoms with Gasteiger partial charge < -0.3 is 5.32 Å². The van der Waals surface area contributed by atoms with Crippen molar-refractivity contribution in [2.75, 3.05) is 5.32 Å². The maximum Gasteiger partial charge on any atom is 0.0390 e. The molecule has 7 rings (SSSR count). The minimum Gasteiger partial charge on any atom is -0.356 e. The molecule has 4 saturated carbocycles. The van der Waals surface area contributed by atoms with Gasteiger partial charge in [-0.2, -0.15) is 0 Å². The third kappa shape index (κ3) is 2.67. The van der Waals surface area contributed by atoms with Crippen LogP contribution in [0, 0.1) is 17.8 Å². The molecule has 4 fully saturated rings. The van der Waals surface area contributed by atoms with E-state index in [-0.39, 0.29) is 0 Å². The Labute approximate surface area is 161 Å². The monoisotopic (exact) mass is 353 g/mol. The van der Waals surface area contributed by atoms with Gasteiger partial charge in [-0.3, -0.25) is 0 Å². The molecule has 0 saturated heterocycles. The van der Waals surface area contributed by atoms with Gasteiger partial charge in [0.05, 0.1) is 0 Å². The van der Waals surface area contributed by atoms with E-state index < -0.39 is 0 Å². The van der Waals surface area contributed by atoms with Crippen LogP contribution >= 0.6 is 0 Å². The fraction of sp³-hybridized carbons (Fsp3) is 0.385. The number of benzene rings is 3. The molecular weight excluding hydrogens is 326 g/mol. The Morgan fingerprint density at radius 2 is 1.26 bits per heavy atom. The number of hydrogen-bond donors (Lipinski definition) is 1. The van der Waals surface area contributed by atoms with E-state index in [2.05, 4.69) is 72.0 Å². The van der Waals surface area contributed by atoms with Crippen molar-refractivity contribution < 1.29 is 0 Å². The number of rotatable bonds is 3. The van der Waals surface area contributed by atoms with E-state index in [1.54, 1.807) is 5.56 Å². The van der Waals surface area contributed by atoms with E-state index in [1.807, 2.05) is 0 Å². The van der Waals surface area contributed by atoms with Crippen LogP contribution in [0.4, 0.5) is 11.4 Å². The number of fused-ring (bicyclic) bond motifs is 1. The quantitative estimate of drug-likeness (QED) is 0.532. The maximum absolute atomic E-state index is 3.52. The van der Waals surface area contributed by atoms with Crippen LogP contribution in [0.1, 0.15) is 44.1 Å². The predicted molar refractivity (Wildman–Crippen MR) is 114 cm³/mol. The Morgan fingerprint density at radius 3 is 1.96 bits per heavy atom. The molecule has 0 heterocycles. The van der Waals surface area contributed by atoms with Gasteiger partial charge in [-0.1, -0.05) is 42.5 Å². The fourth-order valence-corrected chi connectivity index (χ4v) is 6.81. The van der Waals surface area contributed by atoms with E-state index >= 15 is 0 Å². The third-order valence-corrected chi connectivity index (χ3v) is 7.55. The van der Waals surface area contributed by atoms with Gasteiger partial charge in [-0.15, -0.1) is 0 Å². The summed E-state index contributed by atoms with van der Waals surface area (Å²) in [6.45, 7) is 0. The Hall–Kier alpha value is -2.28. The summed E-state index contributed by atoms with van der Waals surface area (Å²) in [5, 5.41) is 6.25. The molecule has 1 heteroatoms. The van der Waals surface area contributed by atoms with Crippen LogP contribution in [0.25, 0.3) is 10.8 Å².